The third-order valence-corrected chi connectivity index (χ3v) is 6.64. The molecule has 1 fully saturated rings. The lowest BCUT2D eigenvalue weighted by Crippen LogP contribution is -2.31. The van der Waals surface area contributed by atoms with Crippen molar-refractivity contribution in [3.05, 3.63) is 65.5 Å². The van der Waals surface area contributed by atoms with Crippen molar-refractivity contribution in [2.45, 2.75) is 31.8 Å². The van der Waals surface area contributed by atoms with Crippen LogP contribution in [0.2, 0.25) is 0 Å². The number of carbonyl (C=O) groups excluding carboxylic acids is 1. The quantitative estimate of drug-likeness (QED) is 0.259. The van der Waals surface area contributed by atoms with E-state index in [1.54, 1.807) is 12.1 Å². The third-order valence-electron chi connectivity index (χ3n) is 6.64. The number of piperidine rings is 1. The van der Waals surface area contributed by atoms with E-state index in [0.29, 0.717) is 22.9 Å². The third kappa shape index (κ3) is 4.99. The summed E-state index contributed by atoms with van der Waals surface area (Å²) in [4.78, 5) is 27.3. The number of rotatable bonds is 8. The van der Waals surface area contributed by atoms with Crippen molar-refractivity contribution >= 4 is 33.7 Å². The van der Waals surface area contributed by atoms with Crippen molar-refractivity contribution in [3.63, 3.8) is 0 Å². The molecule has 1 atom stereocenters. The molecule has 0 amide bonds. The predicted octanol–water partition coefficient (Wildman–Crippen LogP) is 4.27. The first kappa shape index (κ1) is 23.3. The van der Waals surface area contributed by atoms with Crippen molar-refractivity contribution in [1.29, 1.82) is 0 Å². The van der Waals surface area contributed by atoms with Crippen LogP contribution in [0.3, 0.4) is 0 Å². The van der Waals surface area contributed by atoms with Crippen LogP contribution in [0, 0.1) is 0 Å². The van der Waals surface area contributed by atoms with Crippen molar-refractivity contribution in [2.75, 3.05) is 38.6 Å². The number of ether oxygens (including phenoxy) is 1. The average molecular weight is 474 g/mol. The van der Waals surface area contributed by atoms with Gasteiger partial charge in [-0.05, 0) is 56.6 Å². The molecular formula is C27H31N5O3. The van der Waals surface area contributed by atoms with E-state index in [-0.39, 0.29) is 0 Å². The molecular weight excluding hydrogens is 442 g/mol. The average Bonchev–Trinajstić information content (AvgIpc) is 3.29. The van der Waals surface area contributed by atoms with Gasteiger partial charge in [-0.3, -0.25) is 0 Å². The standard InChI is InChI=1S/C27H31N5O3/c1-35-27(34)19-11-12-20-21(17-19)29-25-22(20)24(28-13-8-16-32-14-6-3-7-15-32)30-26(31-25)23(33)18-9-4-2-5-10-18/h2,4-5,9-12,17,23,33H,3,6-8,13-16H2,1H3,(H2,28,29,30,31). The summed E-state index contributed by atoms with van der Waals surface area (Å²) in [6.07, 6.45) is 3.94. The number of aliphatic hydroxyl groups is 1. The molecule has 0 spiro atoms. The molecule has 8 heteroatoms. The van der Waals surface area contributed by atoms with Gasteiger partial charge in [0.05, 0.1) is 18.1 Å². The second-order valence-corrected chi connectivity index (χ2v) is 9.03. The molecule has 1 aliphatic heterocycles. The van der Waals surface area contributed by atoms with Crippen LogP contribution in [0.4, 0.5) is 5.82 Å². The number of likely N-dealkylation sites (tertiary alicyclic amines) is 1. The summed E-state index contributed by atoms with van der Waals surface area (Å²) < 4.78 is 4.87. The fourth-order valence-corrected chi connectivity index (χ4v) is 4.79. The zero-order valence-electron chi connectivity index (χ0n) is 20.0. The number of anilines is 1. The summed E-state index contributed by atoms with van der Waals surface area (Å²) >= 11 is 0. The van der Waals surface area contributed by atoms with Gasteiger partial charge in [-0.2, -0.15) is 0 Å². The Morgan fingerprint density at radius 2 is 1.94 bits per heavy atom. The monoisotopic (exact) mass is 473 g/mol. The van der Waals surface area contributed by atoms with Crippen LogP contribution in [0.1, 0.15) is 53.5 Å². The lowest BCUT2D eigenvalue weighted by molar-refractivity contribution is 0.0601. The van der Waals surface area contributed by atoms with Crippen LogP contribution in [0.5, 0.6) is 0 Å². The van der Waals surface area contributed by atoms with Crippen LogP contribution in [0.25, 0.3) is 21.9 Å². The summed E-state index contributed by atoms with van der Waals surface area (Å²) in [6, 6.07) is 14.8. The first-order chi connectivity index (χ1) is 17.1. The Balaban J connectivity index is 1.48. The highest BCUT2D eigenvalue weighted by Gasteiger charge is 2.20. The zero-order chi connectivity index (χ0) is 24.2. The Hall–Kier alpha value is -3.49. The minimum atomic E-state index is -0.952. The number of aliphatic hydroxyl groups excluding tert-OH is 1. The van der Waals surface area contributed by atoms with Gasteiger partial charge in [0, 0.05) is 17.4 Å². The fourth-order valence-electron chi connectivity index (χ4n) is 4.79. The van der Waals surface area contributed by atoms with Crippen LogP contribution < -0.4 is 5.32 Å². The number of fused-ring (bicyclic) bond motifs is 3. The summed E-state index contributed by atoms with van der Waals surface area (Å²) in [5.74, 6) is 0.602. The molecule has 0 saturated carbocycles. The van der Waals surface area contributed by atoms with Gasteiger partial charge < -0.3 is 25.0 Å². The Morgan fingerprint density at radius 3 is 2.71 bits per heavy atom. The molecule has 3 N–H and O–H groups in total. The van der Waals surface area contributed by atoms with Gasteiger partial charge in [0.1, 0.15) is 17.6 Å². The Morgan fingerprint density at radius 1 is 1.14 bits per heavy atom. The number of nitrogens with one attached hydrogen (secondary N) is 2. The minimum Gasteiger partial charge on any atom is -0.465 e. The number of benzene rings is 2. The normalized spacial score (nSPS) is 15.4. The highest BCUT2D eigenvalue weighted by atomic mass is 16.5. The van der Waals surface area contributed by atoms with E-state index in [2.05, 4.69) is 20.2 Å². The molecule has 0 radical (unpaired) electrons. The summed E-state index contributed by atoms with van der Waals surface area (Å²) in [6.45, 7) is 4.17. The summed E-state index contributed by atoms with van der Waals surface area (Å²) in [5.41, 5.74) is 2.56. The maximum absolute atomic E-state index is 12.0. The number of hydrogen-bond acceptors (Lipinski definition) is 7. The van der Waals surface area contributed by atoms with E-state index in [4.69, 9.17) is 9.72 Å². The first-order valence-electron chi connectivity index (χ1n) is 12.2. The van der Waals surface area contributed by atoms with Gasteiger partial charge in [0.15, 0.2) is 5.82 Å². The Labute approximate surface area is 204 Å². The molecule has 8 nitrogen and oxygen atoms in total. The number of carbonyl (C=O) groups is 1. The second kappa shape index (κ2) is 10.4. The Bertz CT molecular complexity index is 1310. The number of methoxy groups -OCH3 is 1. The molecule has 182 valence electrons. The van der Waals surface area contributed by atoms with E-state index < -0.39 is 12.1 Å². The lowest BCUT2D eigenvalue weighted by atomic mass is 10.1. The van der Waals surface area contributed by atoms with Gasteiger partial charge in [-0.15, -0.1) is 0 Å². The Kier molecular flexibility index (Phi) is 6.92. The van der Waals surface area contributed by atoms with E-state index >= 15 is 0 Å². The molecule has 35 heavy (non-hydrogen) atoms. The van der Waals surface area contributed by atoms with Gasteiger partial charge in [-0.25, -0.2) is 14.8 Å². The van der Waals surface area contributed by atoms with Crippen LogP contribution in [-0.4, -0.2) is 64.2 Å². The van der Waals surface area contributed by atoms with E-state index in [0.717, 1.165) is 41.4 Å². The molecule has 0 aliphatic carbocycles. The molecule has 2 aromatic carbocycles. The highest BCUT2D eigenvalue weighted by Crippen LogP contribution is 2.32. The topological polar surface area (TPSA) is 103 Å². The van der Waals surface area contributed by atoms with Crippen molar-refractivity contribution in [1.82, 2.24) is 19.9 Å². The predicted molar refractivity (Wildman–Crippen MR) is 137 cm³/mol. The van der Waals surface area contributed by atoms with Crippen molar-refractivity contribution in [3.8, 4) is 0 Å². The largest absolute Gasteiger partial charge is 0.465 e. The number of nitrogens with zero attached hydrogens (tertiary/aromatic N) is 3. The maximum atomic E-state index is 12.0. The summed E-state index contributed by atoms with van der Waals surface area (Å²) in [5, 5.41) is 16.3. The molecule has 4 aromatic rings. The van der Waals surface area contributed by atoms with Crippen molar-refractivity contribution < 1.29 is 14.6 Å². The minimum absolute atomic E-state index is 0.321. The highest BCUT2D eigenvalue weighted by molar-refractivity contribution is 6.12. The number of aromatic amines is 1. The molecule has 0 bridgehead atoms. The smallest absolute Gasteiger partial charge is 0.337 e. The molecule has 1 unspecified atom stereocenters. The molecule has 5 rings (SSSR count). The van der Waals surface area contributed by atoms with Crippen LogP contribution in [0.15, 0.2) is 48.5 Å². The SMILES string of the molecule is COC(=O)c1ccc2c(c1)[nH]c1nc(C(O)c3ccccc3)nc(NCCCN3CCCCC3)c12. The molecule has 1 saturated heterocycles. The number of aromatic nitrogens is 3. The fraction of sp³-hybridized carbons (Fsp3) is 0.370. The van der Waals surface area contributed by atoms with E-state index in [1.165, 1.54) is 39.5 Å². The number of hydrogen-bond donors (Lipinski definition) is 3. The van der Waals surface area contributed by atoms with E-state index in [1.807, 2.05) is 36.4 Å². The number of H-pyrrole nitrogens is 1. The van der Waals surface area contributed by atoms with Gasteiger partial charge in [0.25, 0.3) is 0 Å². The summed E-state index contributed by atoms with van der Waals surface area (Å²) in [7, 11) is 1.37. The van der Waals surface area contributed by atoms with E-state index in [9.17, 15) is 9.90 Å². The lowest BCUT2D eigenvalue weighted by Gasteiger charge is -2.26. The zero-order valence-corrected chi connectivity index (χ0v) is 20.0. The maximum Gasteiger partial charge on any atom is 0.337 e. The van der Waals surface area contributed by atoms with Crippen LogP contribution >= 0.6 is 0 Å². The van der Waals surface area contributed by atoms with Gasteiger partial charge in [-0.1, -0.05) is 42.8 Å². The van der Waals surface area contributed by atoms with Gasteiger partial charge >= 0.3 is 5.97 Å². The van der Waals surface area contributed by atoms with Crippen LogP contribution in [-0.2, 0) is 4.74 Å². The molecule has 3 heterocycles. The first-order valence-corrected chi connectivity index (χ1v) is 12.2. The molecule has 2 aromatic heterocycles. The molecule has 1 aliphatic rings. The second-order valence-electron chi connectivity index (χ2n) is 9.03. The van der Waals surface area contributed by atoms with Gasteiger partial charge in [0.2, 0.25) is 0 Å². The number of esters is 1. The van der Waals surface area contributed by atoms with Crippen molar-refractivity contribution in [2.24, 2.45) is 0 Å².